The maximum absolute atomic E-state index is 6.52. The molecule has 0 saturated carbocycles. The topological polar surface area (TPSA) is 80.0 Å². The van der Waals surface area contributed by atoms with Crippen molar-refractivity contribution < 1.29 is 0 Å². The molecule has 32 heavy (non-hydrogen) atoms. The van der Waals surface area contributed by atoms with Gasteiger partial charge in [-0.3, -0.25) is 15.4 Å². The lowest BCUT2D eigenvalue weighted by molar-refractivity contribution is 1.03. The van der Waals surface area contributed by atoms with Crippen molar-refractivity contribution in [1.29, 1.82) is 0 Å². The van der Waals surface area contributed by atoms with E-state index < -0.39 is 0 Å². The predicted octanol–water partition coefficient (Wildman–Crippen LogP) is 5.92. The summed E-state index contributed by atoms with van der Waals surface area (Å²) >= 11 is 1.48. The van der Waals surface area contributed by atoms with Gasteiger partial charge in [-0.1, -0.05) is 66.4 Å². The lowest BCUT2D eigenvalue weighted by Crippen LogP contribution is -2.25. The number of pyridine rings is 1. The van der Waals surface area contributed by atoms with Gasteiger partial charge in [0.1, 0.15) is 17.0 Å². The molecule has 0 aliphatic rings. The maximum atomic E-state index is 6.52. The third-order valence-corrected chi connectivity index (χ3v) is 5.96. The summed E-state index contributed by atoms with van der Waals surface area (Å²) in [7, 11) is 0. The summed E-state index contributed by atoms with van der Waals surface area (Å²) in [5.41, 5.74) is 13.2. The smallest absolute Gasteiger partial charge is 0.172 e. The second-order valence-electron chi connectivity index (χ2n) is 6.99. The van der Waals surface area contributed by atoms with Crippen LogP contribution in [0.1, 0.15) is 0 Å². The van der Waals surface area contributed by atoms with E-state index in [1.165, 1.54) is 18.1 Å². The number of nitrogens with one attached hydrogen (secondary N) is 1. The number of aromatic nitrogens is 3. The SMILES string of the molecule is Nc1c(NN(c2ccccc2)c2ccccc2)ncnc1Sc1cccc2cccnc12. The Morgan fingerprint density at radius 2 is 1.41 bits per heavy atom. The fourth-order valence-electron chi connectivity index (χ4n) is 3.35. The number of nitrogens with two attached hydrogens (primary N) is 1. The van der Waals surface area contributed by atoms with Gasteiger partial charge in [0, 0.05) is 16.5 Å². The fraction of sp³-hybridized carbons (Fsp3) is 0. The number of fused-ring (bicyclic) bond motifs is 1. The van der Waals surface area contributed by atoms with Crippen LogP contribution in [-0.2, 0) is 0 Å². The van der Waals surface area contributed by atoms with Crippen molar-refractivity contribution in [1.82, 2.24) is 15.0 Å². The second kappa shape index (κ2) is 8.95. The van der Waals surface area contributed by atoms with Gasteiger partial charge >= 0.3 is 0 Å². The van der Waals surface area contributed by atoms with Gasteiger partial charge in [-0.05, 0) is 36.4 Å². The van der Waals surface area contributed by atoms with E-state index in [-0.39, 0.29) is 0 Å². The van der Waals surface area contributed by atoms with Crippen LogP contribution in [0.2, 0.25) is 0 Å². The summed E-state index contributed by atoms with van der Waals surface area (Å²) in [5, 5.41) is 3.69. The predicted molar refractivity (Wildman–Crippen MR) is 131 cm³/mol. The van der Waals surface area contributed by atoms with E-state index in [9.17, 15) is 0 Å². The highest BCUT2D eigenvalue weighted by Crippen LogP contribution is 2.37. The van der Waals surface area contributed by atoms with Gasteiger partial charge in [0.2, 0.25) is 0 Å². The quantitative estimate of drug-likeness (QED) is 0.252. The van der Waals surface area contributed by atoms with Crippen molar-refractivity contribution in [2.75, 3.05) is 16.2 Å². The molecule has 7 heteroatoms. The molecule has 0 fully saturated rings. The van der Waals surface area contributed by atoms with Gasteiger partial charge in [-0.15, -0.1) is 0 Å². The summed E-state index contributed by atoms with van der Waals surface area (Å²) in [6.45, 7) is 0. The Labute approximate surface area is 190 Å². The molecule has 0 unspecified atom stereocenters. The lowest BCUT2D eigenvalue weighted by atomic mass is 10.2. The Balaban J connectivity index is 1.50. The summed E-state index contributed by atoms with van der Waals surface area (Å²) < 4.78 is 0. The zero-order chi connectivity index (χ0) is 21.8. The zero-order valence-corrected chi connectivity index (χ0v) is 17.9. The molecule has 0 atom stereocenters. The number of nitrogen functional groups attached to an aromatic ring is 1. The van der Waals surface area contributed by atoms with Crippen LogP contribution < -0.4 is 16.2 Å². The Bertz CT molecular complexity index is 1300. The van der Waals surface area contributed by atoms with E-state index in [0.29, 0.717) is 16.5 Å². The maximum Gasteiger partial charge on any atom is 0.172 e. The van der Waals surface area contributed by atoms with E-state index in [1.54, 1.807) is 6.20 Å². The molecule has 0 amide bonds. The number of anilines is 4. The normalized spacial score (nSPS) is 10.8. The minimum atomic E-state index is 0.474. The lowest BCUT2D eigenvalue weighted by Gasteiger charge is -2.26. The average molecular weight is 437 g/mol. The molecule has 3 aromatic carbocycles. The first-order chi connectivity index (χ1) is 15.8. The number of benzene rings is 3. The van der Waals surface area contributed by atoms with Gasteiger partial charge < -0.3 is 5.73 Å². The van der Waals surface area contributed by atoms with Crippen molar-refractivity contribution in [3.05, 3.63) is 104 Å². The minimum absolute atomic E-state index is 0.474. The summed E-state index contributed by atoms with van der Waals surface area (Å²) in [4.78, 5) is 14.4. The number of para-hydroxylation sites is 3. The van der Waals surface area contributed by atoms with E-state index in [4.69, 9.17) is 5.73 Å². The van der Waals surface area contributed by atoms with Crippen molar-refractivity contribution in [2.24, 2.45) is 0 Å². The molecule has 5 aromatic rings. The van der Waals surface area contributed by atoms with Crippen LogP contribution in [0, 0.1) is 0 Å². The number of hydrogen-bond donors (Lipinski definition) is 2. The number of nitrogens with zero attached hydrogens (tertiary/aromatic N) is 4. The zero-order valence-electron chi connectivity index (χ0n) is 17.1. The van der Waals surface area contributed by atoms with Gasteiger partial charge in [-0.25, -0.2) is 9.97 Å². The third-order valence-electron chi connectivity index (χ3n) is 4.90. The molecule has 2 aromatic heterocycles. The molecule has 156 valence electrons. The first kappa shape index (κ1) is 19.8. The molecular formula is C25H20N6S. The van der Waals surface area contributed by atoms with E-state index in [0.717, 1.165) is 27.2 Å². The number of hydrogen-bond acceptors (Lipinski definition) is 7. The highest BCUT2D eigenvalue weighted by atomic mass is 32.2. The number of rotatable bonds is 6. The molecule has 0 saturated heterocycles. The average Bonchev–Trinajstić information content (AvgIpc) is 2.86. The summed E-state index contributed by atoms with van der Waals surface area (Å²) in [6.07, 6.45) is 3.31. The van der Waals surface area contributed by atoms with E-state index in [2.05, 4.69) is 20.4 Å². The molecule has 3 N–H and O–H groups in total. The highest BCUT2D eigenvalue weighted by Gasteiger charge is 2.16. The van der Waals surface area contributed by atoms with Crippen LogP contribution in [0.3, 0.4) is 0 Å². The van der Waals surface area contributed by atoms with Gasteiger partial charge in [-0.2, -0.15) is 0 Å². The van der Waals surface area contributed by atoms with Crippen LogP contribution in [-0.4, -0.2) is 15.0 Å². The van der Waals surface area contributed by atoms with E-state index in [1.807, 2.05) is 96.0 Å². The van der Waals surface area contributed by atoms with Gasteiger partial charge in [0.15, 0.2) is 5.82 Å². The highest BCUT2D eigenvalue weighted by molar-refractivity contribution is 7.99. The van der Waals surface area contributed by atoms with Crippen molar-refractivity contribution in [3.63, 3.8) is 0 Å². The minimum Gasteiger partial charge on any atom is -0.393 e. The van der Waals surface area contributed by atoms with Crippen LogP contribution in [0.4, 0.5) is 22.9 Å². The summed E-state index contributed by atoms with van der Waals surface area (Å²) in [6, 6.07) is 30.1. The standard InChI is InChI=1S/C25H20N6S/c26-22-24(30-31(19-11-3-1-4-12-19)20-13-5-2-6-14-20)28-17-29-25(22)32-21-15-7-9-18-10-8-16-27-23(18)21/h1-17H,26H2,(H,28,29,30). The second-order valence-corrected chi connectivity index (χ2v) is 8.02. The van der Waals surface area contributed by atoms with Crippen molar-refractivity contribution in [2.45, 2.75) is 9.92 Å². The Hall–Kier alpha value is -4.10. The molecule has 0 spiro atoms. The molecule has 2 heterocycles. The molecule has 0 aliphatic carbocycles. The summed E-state index contributed by atoms with van der Waals surface area (Å²) in [5.74, 6) is 0.531. The van der Waals surface area contributed by atoms with Crippen LogP contribution in [0.15, 0.2) is 113 Å². The third kappa shape index (κ3) is 4.06. The fourth-order valence-corrected chi connectivity index (χ4v) is 4.28. The van der Waals surface area contributed by atoms with Crippen molar-refractivity contribution in [3.8, 4) is 0 Å². The van der Waals surface area contributed by atoms with Gasteiger partial charge in [0.25, 0.3) is 0 Å². The number of hydrazine groups is 1. The Morgan fingerprint density at radius 1 is 0.719 bits per heavy atom. The van der Waals surface area contributed by atoms with Crippen LogP contribution in [0.25, 0.3) is 10.9 Å². The molecule has 0 radical (unpaired) electrons. The molecular weight excluding hydrogens is 416 g/mol. The van der Waals surface area contributed by atoms with Crippen LogP contribution in [0.5, 0.6) is 0 Å². The molecule has 0 aliphatic heterocycles. The van der Waals surface area contributed by atoms with Crippen molar-refractivity contribution >= 4 is 45.5 Å². The molecule has 6 nitrogen and oxygen atoms in total. The Morgan fingerprint density at radius 3 is 2.12 bits per heavy atom. The van der Waals surface area contributed by atoms with E-state index >= 15 is 0 Å². The molecule has 0 bridgehead atoms. The Kier molecular flexibility index (Phi) is 5.55. The van der Waals surface area contributed by atoms with Gasteiger partial charge in [0.05, 0.1) is 16.9 Å². The first-order valence-corrected chi connectivity index (χ1v) is 10.9. The van der Waals surface area contributed by atoms with Crippen LogP contribution >= 0.6 is 11.8 Å². The monoisotopic (exact) mass is 436 g/mol. The first-order valence-electron chi connectivity index (χ1n) is 10.1. The largest absolute Gasteiger partial charge is 0.393 e. The molecule has 5 rings (SSSR count).